The standard InChI is InChI=1S/C18H28N4O/c1-2-22-15-16(13-19-22)14-20-9-6-10-21(12-11-20)18(23)17-7-4-3-5-8-17/h3-4,13,15,17H,2,5-12,14H2,1H3. The Bertz CT molecular complexity index is 551. The summed E-state index contributed by atoms with van der Waals surface area (Å²) in [5.41, 5.74) is 1.27. The zero-order valence-electron chi connectivity index (χ0n) is 14.2. The predicted molar refractivity (Wildman–Crippen MR) is 90.9 cm³/mol. The first-order valence-corrected chi connectivity index (χ1v) is 8.93. The van der Waals surface area contributed by atoms with Gasteiger partial charge in [-0.3, -0.25) is 14.4 Å². The maximum Gasteiger partial charge on any atom is 0.226 e. The molecule has 2 heterocycles. The molecule has 126 valence electrons. The molecule has 1 aliphatic carbocycles. The molecule has 5 heteroatoms. The molecule has 0 radical (unpaired) electrons. The lowest BCUT2D eigenvalue weighted by atomic mass is 9.93. The Labute approximate surface area is 138 Å². The largest absolute Gasteiger partial charge is 0.341 e. The topological polar surface area (TPSA) is 41.4 Å². The van der Waals surface area contributed by atoms with Crippen molar-refractivity contribution in [3.8, 4) is 0 Å². The molecular weight excluding hydrogens is 288 g/mol. The van der Waals surface area contributed by atoms with Crippen LogP contribution >= 0.6 is 0 Å². The lowest BCUT2D eigenvalue weighted by Gasteiger charge is -2.27. The fourth-order valence-corrected chi connectivity index (χ4v) is 3.54. The van der Waals surface area contributed by atoms with E-state index in [9.17, 15) is 4.79 Å². The minimum atomic E-state index is 0.217. The molecule has 1 aromatic rings. The Morgan fingerprint density at radius 3 is 2.91 bits per heavy atom. The molecule has 0 spiro atoms. The third-order valence-corrected chi connectivity index (χ3v) is 4.94. The van der Waals surface area contributed by atoms with Gasteiger partial charge in [0.05, 0.1) is 6.20 Å². The molecule has 0 N–H and O–H groups in total. The number of nitrogens with zero attached hydrogens (tertiary/aromatic N) is 4. The maximum absolute atomic E-state index is 12.7. The molecule has 23 heavy (non-hydrogen) atoms. The summed E-state index contributed by atoms with van der Waals surface area (Å²) in [5, 5.41) is 4.35. The van der Waals surface area contributed by atoms with Crippen molar-refractivity contribution in [2.45, 2.75) is 45.7 Å². The van der Waals surface area contributed by atoms with E-state index < -0.39 is 0 Å². The summed E-state index contributed by atoms with van der Waals surface area (Å²) in [7, 11) is 0. The number of allylic oxidation sites excluding steroid dienone is 2. The van der Waals surface area contributed by atoms with E-state index in [0.29, 0.717) is 5.91 Å². The monoisotopic (exact) mass is 316 g/mol. The van der Waals surface area contributed by atoms with Crippen LogP contribution in [0.15, 0.2) is 24.5 Å². The number of carbonyl (C=O) groups excluding carboxylic acids is 1. The van der Waals surface area contributed by atoms with Crippen molar-refractivity contribution < 1.29 is 4.79 Å². The summed E-state index contributed by atoms with van der Waals surface area (Å²) in [6.45, 7) is 7.75. The van der Waals surface area contributed by atoms with Crippen LogP contribution in [0.4, 0.5) is 0 Å². The molecule has 5 nitrogen and oxygen atoms in total. The van der Waals surface area contributed by atoms with Gasteiger partial charge in [-0.15, -0.1) is 0 Å². The molecule has 0 bridgehead atoms. The lowest BCUT2D eigenvalue weighted by Crippen LogP contribution is -2.39. The summed E-state index contributed by atoms with van der Waals surface area (Å²) in [4.78, 5) is 17.2. The quantitative estimate of drug-likeness (QED) is 0.800. The highest BCUT2D eigenvalue weighted by molar-refractivity contribution is 5.79. The van der Waals surface area contributed by atoms with Crippen LogP contribution in [0.5, 0.6) is 0 Å². The van der Waals surface area contributed by atoms with Gasteiger partial charge in [-0.2, -0.15) is 5.10 Å². The van der Waals surface area contributed by atoms with Crippen LogP contribution in [0.2, 0.25) is 0 Å². The molecule has 2 aliphatic rings. The van der Waals surface area contributed by atoms with Crippen LogP contribution in [0.3, 0.4) is 0 Å². The van der Waals surface area contributed by atoms with Crippen LogP contribution in [0.25, 0.3) is 0 Å². The van der Waals surface area contributed by atoms with Gasteiger partial charge in [-0.25, -0.2) is 0 Å². The van der Waals surface area contributed by atoms with Crippen LogP contribution in [-0.4, -0.2) is 51.7 Å². The van der Waals surface area contributed by atoms with Gasteiger partial charge in [0, 0.05) is 56.9 Å². The normalized spacial score (nSPS) is 23.0. The third-order valence-electron chi connectivity index (χ3n) is 4.94. The van der Waals surface area contributed by atoms with Crippen LogP contribution in [0.1, 0.15) is 38.2 Å². The second kappa shape index (κ2) is 7.77. The van der Waals surface area contributed by atoms with E-state index in [2.05, 4.69) is 40.2 Å². The van der Waals surface area contributed by atoms with E-state index in [-0.39, 0.29) is 5.92 Å². The van der Waals surface area contributed by atoms with Crippen LogP contribution in [0, 0.1) is 5.92 Å². The van der Waals surface area contributed by atoms with Gasteiger partial charge < -0.3 is 4.90 Å². The van der Waals surface area contributed by atoms with Crippen molar-refractivity contribution in [1.29, 1.82) is 0 Å². The molecule has 0 saturated carbocycles. The summed E-state index contributed by atoms with van der Waals surface area (Å²) < 4.78 is 1.97. The number of rotatable bonds is 4. The second-order valence-electron chi connectivity index (χ2n) is 6.64. The highest BCUT2D eigenvalue weighted by Crippen LogP contribution is 2.21. The molecule has 1 atom stereocenters. The SMILES string of the molecule is CCn1cc(CN2CCCN(C(=O)C3CC=CCC3)CC2)cn1. The van der Waals surface area contributed by atoms with Crippen molar-refractivity contribution in [3.63, 3.8) is 0 Å². The molecule has 3 rings (SSSR count). The minimum Gasteiger partial charge on any atom is -0.341 e. The summed E-state index contributed by atoms with van der Waals surface area (Å²) in [6, 6.07) is 0. The van der Waals surface area contributed by atoms with Crippen molar-refractivity contribution in [2.24, 2.45) is 5.92 Å². The first-order chi connectivity index (χ1) is 11.3. The fourth-order valence-electron chi connectivity index (χ4n) is 3.54. The molecule has 0 aromatic carbocycles. The van der Waals surface area contributed by atoms with Crippen molar-refractivity contribution in [2.75, 3.05) is 26.2 Å². The van der Waals surface area contributed by atoms with Crippen LogP contribution < -0.4 is 0 Å². The number of hydrogen-bond donors (Lipinski definition) is 0. The Morgan fingerprint density at radius 1 is 1.26 bits per heavy atom. The summed E-state index contributed by atoms with van der Waals surface area (Å²) in [5.74, 6) is 0.587. The zero-order chi connectivity index (χ0) is 16.1. The molecular formula is C18H28N4O. The second-order valence-corrected chi connectivity index (χ2v) is 6.64. The Kier molecular flexibility index (Phi) is 5.49. The fraction of sp³-hybridized carbons (Fsp3) is 0.667. The number of hydrogen-bond acceptors (Lipinski definition) is 3. The Hall–Kier alpha value is -1.62. The maximum atomic E-state index is 12.7. The zero-order valence-corrected chi connectivity index (χ0v) is 14.2. The van der Waals surface area contributed by atoms with Gasteiger partial charge in [0.15, 0.2) is 0 Å². The van der Waals surface area contributed by atoms with E-state index in [1.165, 1.54) is 5.56 Å². The minimum absolute atomic E-state index is 0.217. The predicted octanol–water partition coefficient (Wildman–Crippen LogP) is 2.29. The molecule has 1 saturated heterocycles. The van der Waals surface area contributed by atoms with Crippen molar-refractivity contribution in [1.82, 2.24) is 19.6 Å². The van der Waals surface area contributed by atoms with E-state index in [1.54, 1.807) is 0 Å². The van der Waals surface area contributed by atoms with Gasteiger partial charge in [0.2, 0.25) is 5.91 Å². The van der Waals surface area contributed by atoms with Gasteiger partial charge in [-0.05, 0) is 32.6 Å². The van der Waals surface area contributed by atoms with E-state index >= 15 is 0 Å². The number of carbonyl (C=O) groups is 1. The highest BCUT2D eigenvalue weighted by atomic mass is 16.2. The van der Waals surface area contributed by atoms with Crippen molar-refractivity contribution in [3.05, 3.63) is 30.1 Å². The van der Waals surface area contributed by atoms with Gasteiger partial charge in [0.25, 0.3) is 0 Å². The Balaban J connectivity index is 1.52. The van der Waals surface area contributed by atoms with Gasteiger partial charge >= 0.3 is 0 Å². The smallest absolute Gasteiger partial charge is 0.226 e. The number of aromatic nitrogens is 2. The molecule has 1 aromatic heterocycles. The molecule has 1 aliphatic heterocycles. The Morgan fingerprint density at radius 2 is 2.17 bits per heavy atom. The van der Waals surface area contributed by atoms with E-state index in [0.717, 1.165) is 65.0 Å². The third kappa shape index (κ3) is 4.22. The first kappa shape index (κ1) is 16.2. The highest BCUT2D eigenvalue weighted by Gasteiger charge is 2.26. The number of amides is 1. The molecule has 1 fully saturated rings. The summed E-state index contributed by atoms with van der Waals surface area (Å²) in [6.07, 6.45) is 12.5. The average Bonchev–Trinajstić information content (AvgIpc) is 2.92. The molecule has 1 amide bonds. The van der Waals surface area contributed by atoms with Gasteiger partial charge in [0.1, 0.15) is 0 Å². The average molecular weight is 316 g/mol. The van der Waals surface area contributed by atoms with Gasteiger partial charge in [-0.1, -0.05) is 12.2 Å². The van der Waals surface area contributed by atoms with Crippen LogP contribution in [-0.2, 0) is 17.9 Å². The van der Waals surface area contributed by atoms with Crippen molar-refractivity contribution >= 4 is 5.91 Å². The number of aryl methyl sites for hydroxylation is 1. The lowest BCUT2D eigenvalue weighted by molar-refractivity contribution is -0.135. The van der Waals surface area contributed by atoms with E-state index in [4.69, 9.17) is 0 Å². The first-order valence-electron chi connectivity index (χ1n) is 8.93. The summed E-state index contributed by atoms with van der Waals surface area (Å²) >= 11 is 0. The molecule has 1 unspecified atom stereocenters. The van der Waals surface area contributed by atoms with E-state index in [1.807, 2.05) is 10.9 Å².